The molecule has 0 unspecified atom stereocenters. The molecule has 0 aliphatic heterocycles. The van der Waals surface area contributed by atoms with Crippen LogP contribution >= 0.6 is 23.1 Å². The van der Waals surface area contributed by atoms with Gasteiger partial charge in [0, 0.05) is 34.2 Å². The molecule has 138 valence electrons. The van der Waals surface area contributed by atoms with Crippen LogP contribution in [-0.2, 0) is 11.5 Å². The highest BCUT2D eigenvalue weighted by atomic mass is 32.2. The third kappa shape index (κ3) is 3.70. The van der Waals surface area contributed by atoms with E-state index in [2.05, 4.69) is 35.9 Å². The van der Waals surface area contributed by atoms with Gasteiger partial charge in [-0.1, -0.05) is 17.7 Å². The number of fused-ring (bicyclic) bond motifs is 1. The van der Waals surface area contributed by atoms with Crippen molar-refractivity contribution in [3.63, 3.8) is 0 Å². The largest absolute Gasteiger partial charge is 0.444 e. The normalized spacial score (nSPS) is 11.4. The second-order valence-electron chi connectivity index (χ2n) is 6.54. The van der Waals surface area contributed by atoms with Crippen molar-refractivity contribution < 1.29 is 4.42 Å². The lowest BCUT2D eigenvalue weighted by molar-refractivity contribution is 0.573. The quantitative estimate of drug-likeness (QED) is 0.485. The van der Waals surface area contributed by atoms with Gasteiger partial charge in [-0.15, -0.1) is 23.1 Å². The van der Waals surface area contributed by atoms with Crippen LogP contribution in [0.15, 0.2) is 45.1 Å². The highest BCUT2D eigenvalue weighted by Crippen LogP contribution is 2.25. The Balaban J connectivity index is 1.44. The minimum atomic E-state index is -0.0204. The molecule has 0 saturated heterocycles. The Hall–Kier alpha value is -2.38. The van der Waals surface area contributed by atoms with E-state index in [0.717, 1.165) is 33.2 Å². The number of aromatic nitrogens is 3. The van der Waals surface area contributed by atoms with Crippen molar-refractivity contribution in [2.75, 3.05) is 0 Å². The van der Waals surface area contributed by atoms with Crippen LogP contribution in [0.3, 0.4) is 0 Å². The first-order valence-electron chi connectivity index (χ1n) is 8.58. The van der Waals surface area contributed by atoms with Crippen LogP contribution in [-0.4, -0.2) is 14.4 Å². The van der Waals surface area contributed by atoms with E-state index in [-0.39, 0.29) is 5.56 Å². The monoisotopic (exact) mass is 397 g/mol. The van der Waals surface area contributed by atoms with Crippen LogP contribution in [0.1, 0.15) is 28.2 Å². The lowest BCUT2D eigenvalue weighted by atomic mass is 10.1. The molecule has 0 aliphatic rings. The van der Waals surface area contributed by atoms with Crippen LogP contribution in [0.5, 0.6) is 0 Å². The summed E-state index contributed by atoms with van der Waals surface area (Å²) >= 11 is 3.16. The molecule has 0 radical (unpaired) electrons. The fraction of sp³-hybridized carbons (Fsp3) is 0.250. The molecule has 0 spiro atoms. The van der Waals surface area contributed by atoms with Gasteiger partial charge in [0.15, 0.2) is 4.96 Å². The Morgan fingerprint density at radius 2 is 1.93 bits per heavy atom. The van der Waals surface area contributed by atoms with Crippen molar-refractivity contribution in [3.05, 3.63) is 74.5 Å². The van der Waals surface area contributed by atoms with E-state index in [1.165, 1.54) is 16.9 Å². The fourth-order valence-electron chi connectivity index (χ4n) is 2.99. The van der Waals surface area contributed by atoms with E-state index >= 15 is 0 Å². The minimum Gasteiger partial charge on any atom is -0.444 e. The van der Waals surface area contributed by atoms with Gasteiger partial charge in [-0.3, -0.25) is 9.20 Å². The molecule has 0 saturated carbocycles. The third-order valence-electron chi connectivity index (χ3n) is 4.29. The number of benzene rings is 1. The van der Waals surface area contributed by atoms with Gasteiger partial charge in [0.25, 0.3) is 5.56 Å². The molecular formula is C20H19N3O2S2. The summed E-state index contributed by atoms with van der Waals surface area (Å²) in [5.41, 5.74) is 5.98. The number of aryl methyl sites for hydroxylation is 3. The average molecular weight is 398 g/mol. The van der Waals surface area contributed by atoms with E-state index in [9.17, 15) is 4.79 Å². The zero-order valence-electron chi connectivity index (χ0n) is 15.4. The molecule has 27 heavy (non-hydrogen) atoms. The SMILES string of the molecule is Cc1ccc(-c2nc(CSCc3cc(=O)n4c(C)csc4n3)co2)c(C)c1. The van der Waals surface area contributed by atoms with Gasteiger partial charge in [0.1, 0.15) is 6.26 Å². The summed E-state index contributed by atoms with van der Waals surface area (Å²) in [5.74, 6) is 2.02. The van der Waals surface area contributed by atoms with E-state index in [4.69, 9.17) is 4.42 Å². The van der Waals surface area contributed by atoms with Crippen molar-refractivity contribution in [2.24, 2.45) is 0 Å². The maximum atomic E-state index is 12.2. The number of nitrogens with zero attached hydrogens (tertiary/aromatic N) is 3. The van der Waals surface area contributed by atoms with Gasteiger partial charge in [-0.25, -0.2) is 9.97 Å². The zero-order chi connectivity index (χ0) is 19.0. The van der Waals surface area contributed by atoms with Crippen molar-refractivity contribution in [2.45, 2.75) is 32.3 Å². The highest BCUT2D eigenvalue weighted by molar-refractivity contribution is 7.97. The summed E-state index contributed by atoms with van der Waals surface area (Å²) in [6, 6.07) is 7.85. The fourth-order valence-corrected chi connectivity index (χ4v) is 4.68. The maximum absolute atomic E-state index is 12.2. The van der Waals surface area contributed by atoms with Crippen LogP contribution in [0, 0.1) is 20.8 Å². The molecule has 5 nitrogen and oxygen atoms in total. The Morgan fingerprint density at radius 1 is 1.11 bits per heavy atom. The van der Waals surface area contributed by atoms with E-state index in [0.29, 0.717) is 17.4 Å². The lowest BCUT2D eigenvalue weighted by Gasteiger charge is -2.02. The molecule has 4 aromatic rings. The van der Waals surface area contributed by atoms with Crippen molar-refractivity contribution in [1.29, 1.82) is 0 Å². The maximum Gasteiger partial charge on any atom is 0.258 e. The molecule has 7 heteroatoms. The molecule has 0 atom stereocenters. The van der Waals surface area contributed by atoms with Crippen LogP contribution in [0.25, 0.3) is 16.4 Å². The molecule has 0 fully saturated rings. The average Bonchev–Trinajstić information content (AvgIpc) is 3.22. The van der Waals surface area contributed by atoms with Gasteiger partial charge in [-0.2, -0.15) is 0 Å². The highest BCUT2D eigenvalue weighted by Gasteiger charge is 2.11. The number of hydrogen-bond donors (Lipinski definition) is 0. The van der Waals surface area contributed by atoms with E-state index in [1.807, 2.05) is 18.4 Å². The first-order valence-corrected chi connectivity index (χ1v) is 10.6. The topological polar surface area (TPSA) is 60.4 Å². The summed E-state index contributed by atoms with van der Waals surface area (Å²) in [6.07, 6.45) is 1.70. The first kappa shape index (κ1) is 18.0. The third-order valence-corrected chi connectivity index (χ3v) is 6.24. The van der Waals surface area contributed by atoms with Crippen LogP contribution < -0.4 is 5.56 Å². The Bertz CT molecular complexity index is 1170. The second-order valence-corrected chi connectivity index (χ2v) is 8.36. The predicted molar refractivity (Wildman–Crippen MR) is 110 cm³/mol. The number of hydrogen-bond acceptors (Lipinski definition) is 6. The molecule has 0 amide bonds. The van der Waals surface area contributed by atoms with E-state index in [1.54, 1.807) is 28.5 Å². The summed E-state index contributed by atoms with van der Waals surface area (Å²) in [5, 5.41) is 1.95. The van der Waals surface area contributed by atoms with Crippen LogP contribution in [0.4, 0.5) is 0 Å². The summed E-state index contributed by atoms with van der Waals surface area (Å²) in [6.45, 7) is 6.05. The minimum absolute atomic E-state index is 0.0204. The standard InChI is InChI=1S/C20H19N3O2S2/c1-12-4-5-17(13(2)6-12)19-21-16(8-25-19)11-26-10-15-7-18(24)23-14(3)9-27-20(23)22-15/h4-9H,10-11H2,1-3H3. The number of thioether (sulfide) groups is 1. The molecular weight excluding hydrogens is 378 g/mol. The Kier molecular flexibility index (Phi) is 4.88. The molecule has 1 aromatic carbocycles. The number of oxazole rings is 1. The number of thiazole rings is 1. The van der Waals surface area contributed by atoms with Crippen molar-refractivity contribution in [1.82, 2.24) is 14.4 Å². The van der Waals surface area contributed by atoms with Gasteiger partial charge >= 0.3 is 0 Å². The second kappa shape index (κ2) is 7.32. The molecule has 4 rings (SSSR count). The van der Waals surface area contributed by atoms with Crippen molar-refractivity contribution in [3.8, 4) is 11.5 Å². The van der Waals surface area contributed by atoms with Gasteiger partial charge in [0.05, 0.1) is 11.4 Å². The molecule has 0 N–H and O–H groups in total. The molecule has 0 aliphatic carbocycles. The Morgan fingerprint density at radius 3 is 2.74 bits per heavy atom. The number of rotatable bonds is 5. The summed E-state index contributed by atoms with van der Waals surface area (Å²) in [4.78, 5) is 22.1. The Labute approximate surface area is 165 Å². The predicted octanol–water partition coefficient (Wildman–Crippen LogP) is 4.77. The lowest BCUT2D eigenvalue weighted by Crippen LogP contribution is -2.14. The molecule has 3 aromatic heterocycles. The van der Waals surface area contributed by atoms with E-state index < -0.39 is 0 Å². The summed E-state index contributed by atoms with van der Waals surface area (Å²) < 4.78 is 7.31. The van der Waals surface area contributed by atoms with Gasteiger partial charge in [-0.05, 0) is 32.4 Å². The molecule has 3 heterocycles. The summed E-state index contributed by atoms with van der Waals surface area (Å²) in [7, 11) is 0. The van der Waals surface area contributed by atoms with Gasteiger partial charge < -0.3 is 4.42 Å². The smallest absolute Gasteiger partial charge is 0.258 e. The van der Waals surface area contributed by atoms with Crippen molar-refractivity contribution >= 4 is 28.1 Å². The zero-order valence-corrected chi connectivity index (χ0v) is 17.0. The van der Waals surface area contributed by atoms with Crippen LogP contribution in [0.2, 0.25) is 0 Å². The van der Waals surface area contributed by atoms with Gasteiger partial charge in [0.2, 0.25) is 5.89 Å². The first-order chi connectivity index (χ1) is 13.0. The molecule has 0 bridgehead atoms.